The van der Waals surface area contributed by atoms with Crippen LogP contribution < -0.4 is 5.32 Å². The predicted molar refractivity (Wildman–Crippen MR) is 57.4 cm³/mol. The Balaban J connectivity index is 1.63. The summed E-state index contributed by atoms with van der Waals surface area (Å²) in [6.07, 6.45) is 0.493. The van der Waals surface area contributed by atoms with Gasteiger partial charge >= 0.3 is 0 Å². The molecule has 0 aromatic heterocycles. The van der Waals surface area contributed by atoms with Gasteiger partial charge in [-0.05, 0) is 5.56 Å². The van der Waals surface area contributed by atoms with Crippen molar-refractivity contribution in [3.05, 3.63) is 35.9 Å². The standard InChI is InChI=1S/C12H16FNO/c13-12(9-14-10-12)6-7-15-8-11-4-2-1-3-5-11/h1-5,14H,6-10H2. The van der Waals surface area contributed by atoms with E-state index < -0.39 is 5.67 Å². The maximum Gasteiger partial charge on any atom is 0.137 e. The normalized spacial score (nSPS) is 18.5. The minimum absolute atomic E-state index is 0.474. The Hall–Kier alpha value is -0.930. The third-order valence-corrected chi connectivity index (χ3v) is 2.69. The van der Waals surface area contributed by atoms with Crippen molar-refractivity contribution in [1.29, 1.82) is 0 Å². The molecule has 0 radical (unpaired) electrons. The second-order valence-corrected chi connectivity index (χ2v) is 4.04. The first-order chi connectivity index (χ1) is 7.29. The van der Waals surface area contributed by atoms with E-state index in [2.05, 4.69) is 5.32 Å². The molecule has 0 unspecified atom stereocenters. The van der Waals surface area contributed by atoms with Crippen LogP contribution in [0.2, 0.25) is 0 Å². The molecule has 1 aliphatic heterocycles. The summed E-state index contributed by atoms with van der Waals surface area (Å²) >= 11 is 0. The van der Waals surface area contributed by atoms with Crippen molar-refractivity contribution in [2.75, 3.05) is 19.7 Å². The summed E-state index contributed by atoms with van der Waals surface area (Å²) in [4.78, 5) is 0. The van der Waals surface area contributed by atoms with E-state index in [1.807, 2.05) is 30.3 Å². The van der Waals surface area contributed by atoms with E-state index in [1.54, 1.807) is 0 Å². The molecule has 82 valence electrons. The molecule has 0 amide bonds. The maximum absolute atomic E-state index is 13.5. The van der Waals surface area contributed by atoms with Crippen LogP contribution in [0.4, 0.5) is 4.39 Å². The number of alkyl halides is 1. The minimum atomic E-state index is -1.02. The average Bonchev–Trinajstić information content (AvgIpc) is 2.23. The van der Waals surface area contributed by atoms with Crippen molar-refractivity contribution in [2.24, 2.45) is 0 Å². The zero-order valence-electron chi connectivity index (χ0n) is 8.71. The molecule has 1 N–H and O–H groups in total. The number of benzene rings is 1. The molecule has 1 heterocycles. The van der Waals surface area contributed by atoms with Gasteiger partial charge in [-0.25, -0.2) is 4.39 Å². The van der Waals surface area contributed by atoms with Gasteiger partial charge in [-0.1, -0.05) is 30.3 Å². The summed E-state index contributed by atoms with van der Waals surface area (Å²) in [6, 6.07) is 9.95. The van der Waals surface area contributed by atoms with Gasteiger partial charge in [0.05, 0.1) is 13.2 Å². The van der Waals surface area contributed by atoms with Crippen LogP contribution in [0.1, 0.15) is 12.0 Å². The predicted octanol–water partition coefficient (Wildman–Crippen LogP) is 1.90. The van der Waals surface area contributed by atoms with E-state index in [0.717, 1.165) is 5.56 Å². The van der Waals surface area contributed by atoms with E-state index in [-0.39, 0.29) is 0 Å². The van der Waals surface area contributed by atoms with Crippen molar-refractivity contribution in [3.63, 3.8) is 0 Å². The molecule has 0 atom stereocenters. The van der Waals surface area contributed by atoms with Crippen LogP contribution in [0.3, 0.4) is 0 Å². The monoisotopic (exact) mass is 209 g/mol. The summed E-state index contributed by atoms with van der Waals surface area (Å²) in [6.45, 7) is 2.01. The SMILES string of the molecule is FC1(CCOCc2ccccc2)CNC1. The molecule has 1 aromatic carbocycles. The fourth-order valence-corrected chi connectivity index (χ4v) is 1.59. The molecule has 3 heteroatoms. The van der Waals surface area contributed by atoms with E-state index in [0.29, 0.717) is 32.7 Å². The summed E-state index contributed by atoms with van der Waals surface area (Å²) in [5, 5.41) is 2.93. The highest BCUT2D eigenvalue weighted by Gasteiger charge is 2.36. The third-order valence-electron chi connectivity index (χ3n) is 2.69. The summed E-state index contributed by atoms with van der Waals surface area (Å²) in [7, 11) is 0. The molecular weight excluding hydrogens is 193 g/mol. The smallest absolute Gasteiger partial charge is 0.137 e. The minimum Gasteiger partial charge on any atom is -0.377 e. The van der Waals surface area contributed by atoms with Crippen LogP contribution >= 0.6 is 0 Å². The molecule has 0 aliphatic carbocycles. The lowest BCUT2D eigenvalue weighted by Crippen LogP contribution is -2.56. The van der Waals surface area contributed by atoms with Crippen LogP contribution in [0.15, 0.2) is 30.3 Å². The molecule has 15 heavy (non-hydrogen) atoms. The lowest BCUT2D eigenvalue weighted by Gasteiger charge is -2.34. The van der Waals surface area contributed by atoms with Gasteiger partial charge in [0.2, 0.25) is 0 Å². The Morgan fingerprint density at radius 2 is 2.00 bits per heavy atom. The van der Waals surface area contributed by atoms with Crippen LogP contribution in [-0.4, -0.2) is 25.4 Å². The number of rotatable bonds is 5. The Kier molecular flexibility index (Phi) is 3.34. The first-order valence-corrected chi connectivity index (χ1v) is 5.30. The molecule has 2 nitrogen and oxygen atoms in total. The third kappa shape index (κ3) is 3.01. The van der Waals surface area contributed by atoms with Gasteiger partial charge in [0.1, 0.15) is 5.67 Å². The van der Waals surface area contributed by atoms with Crippen molar-refractivity contribution >= 4 is 0 Å². The van der Waals surface area contributed by atoms with Crippen molar-refractivity contribution in [3.8, 4) is 0 Å². The van der Waals surface area contributed by atoms with E-state index in [4.69, 9.17) is 4.74 Å². The van der Waals surface area contributed by atoms with E-state index in [9.17, 15) is 4.39 Å². The number of hydrogen-bond acceptors (Lipinski definition) is 2. The van der Waals surface area contributed by atoms with Crippen LogP contribution in [-0.2, 0) is 11.3 Å². The molecule has 0 spiro atoms. The Bertz CT molecular complexity index is 298. The van der Waals surface area contributed by atoms with E-state index in [1.165, 1.54) is 0 Å². The quantitative estimate of drug-likeness (QED) is 0.748. The lowest BCUT2D eigenvalue weighted by molar-refractivity contribution is 0.0281. The fraction of sp³-hybridized carbons (Fsp3) is 0.500. The Morgan fingerprint density at radius 3 is 2.60 bits per heavy atom. The number of halogens is 1. The van der Waals surface area contributed by atoms with E-state index >= 15 is 0 Å². The van der Waals surface area contributed by atoms with Gasteiger partial charge in [0, 0.05) is 19.5 Å². The van der Waals surface area contributed by atoms with Crippen molar-refractivity contribution in [2.45, 2.75) is 18.7 Å². The molecule has 1 aliphatic rings. The molecule has 2 rings (SSSR count). The first kappa shape index (κ1) is 10.6. The fourth-order valence-electron chi connectivity index (χ4n) is 1.59. The Morgan fingerprint density at radius 1 is 1.27 bits per heavy atom. The maximum atomic E-state index is 13.5. The summed E-state index contributed by atoms with van der Waals surface area (Å²) in [5.74, 6) is 0. The second kappa shape index (κ2) is 4.73. The molecular formula is C12H16FNO. The van der Waals surface area contributed by atoms with Crippen LogP contribution in [0.25, 0.3) is 0 Å². The molecule has 0 bridgehead atoms. The molecule has 1 aromatic rings. The first-order valence-electron chi connectivity index (χ1n) is 5.30. The van der Waals surface area contributed by atoms with Crippen molar-refractivity contribution < 1.29 is 9.13 Å². The average molecular weight is 209 g/mol. The van der Waals surface area contributed by atoms with Gasteiger partial charge in [-0.3, -0.25) is 0 Å². The second-order valence-electron chi connectivity index (χ2n) is 4.04. The zero-order valence-corrected chi connectivity index (χ0v) is 8.71. The van der Waals surface area contributed by atoms with Gasteiger partial charge in [-0.2, -0.15) is 0 Å². The highest BCUT2D eigenvalue weighted by molar-refractivity contribution is 5.13. The Labute approximate surface area is 89.4 Å². The van der Waals surface area contributed by atoms with Crippen molar-refractivity contribution in [1.82, 2.24) is 5.32 Å². The zero-order chi connectivity index (χ0) is 10.6. The van der Waals surface area contributed by atoms with Gasteiger partial charge in [0.15, 0.2) is 0 Å². The topological polar surface area (TPSA) is 21.3 Å². The number of ether oxygens (including phenoxy) is 1. The summed E-state index contributed by atoms with van der Waals surface area (Å²) < 4.78 is 18.9. The van der Waals surface area contributed by atoms with Crippen LogP contribution in [0.5, 0.6) is 0 Å². The lowest BCUT2D eigenvalue weighted by atomic mass is 9.96. The highest BCUT2D eigenvalue weighted by Crippen LogP contribution is 2.20. The highest BCUT2D eigenvalue weighted by atomic mass is 19.1. The van der Waals surface area contributed by atoms with Crippen LogP contribution in [0, 0.1) is 0 Å². The van der Waals surface area contributed by atoms with Gasteiger partial charge < -0.3 is 10.1 Å². The molecule has 0 saturated carbocycles. The number of hydrogen-bond donors (Lipinski definition) is 1. The van der Waals surface area contributed by atoms with Gasteiger partial charge in [0.25, 0.3) is 0 Å². The number of nitrogens with one attached hydrogen (secondary N) is 1. The summed E-state index contributed by atoms with van der Waals surface area (Å²) in [5.41, 5.74) is 0.119. The molecule has 1 saturated heterocycles. The molecule has 1 fully saturated rings. The van der Waals surface area contributed by atoms with Gasteiger partial charge in [-0.15, -0.1) is 0 Å². The largest absolute Gasteiger partial charge is 0.377 e.